The number of aromatic amines is 1. The van der Waals surface area contributed by atoms with Gasteiger partial charge in [-0.2, -0.15) is 11.8 Å². The van der Waals surface area contributed by atoms with Crippen molar-refractivity contribution < 1.29 is 4.79 Å². The number of H-pyrrole nitrogens is 1. The summed E-state index contributed by atoms with van der Waals surface area (Å²) in [4.78, 5) is 17.8. The number of rotatable bonds is 1. The van der Waals surface area contributed by atoms with Crippen molar-refractivity contribution in [2.75, 3.05) is 12.3 Å². The van der Waals surface area contributed by atoms with Crippen LogP contribution in [0.15, 0.2) is 24.3 Å². The van der Waals surface area contributed by atoms with Crippen LogP contribution in [0, 0.1) is 0 Å². The smallest absolute Gasteiger partial charge is 0.270 e. The van der Waals surface area contributed by atoms with E-state index < -0.39 is 0 Å². The first-order valence-corrected chi connectivity index (χ1v) is 7.84. The van der Waals surface area contributed by atoms with E-state index in [0.717, 1.165) is 29.6 Å². The van der Waals surface area contributed by atoms with E-state index in [0.29, 0.717) is 22.0 Å². The Morgan fingerprint density at radius 3 is 3.05 bits per heavy atom. The fourth-order valence-electron chi connectivity index (χ4n) is 3.02. The average molecular weight is 293 g/mol. The van der Waals surface area contributed by atoms with Crippen molar-refractivity contribution in [1.29, 1.82) is 0 Å². The molecule has 0 saturated carbocycles. The Hall–Kier alpha value is -1.13. The summed E-state index contributed by atoms with van der Waals surface area (Å²) in [6.07, 6.45) is 1.16. The fraction of sp³-hybridized carbons (Fsp3) is 0.357. The van der Waals surface area contributed by atoms with Gasteiger partial charge in [-0.15, -0.1) is 0 Å². The molecule has 0 unspecified atom stereocenters. The Kier molecular flexibility index (Phi) is 2.57. The lowest BCUT2D eigenvalue weighted by Crippen LogP contribution is -2.39. The molecule has 1 N–H and O–H groups in total. The largest absolute Gasteiger partial charge is 0.351 e. The van der Waals surface area contributed by atoms with E-state index in [2.05, 4.69) is 4.98 Å². The third-order valence-electron chi connectivity index (χ3n) is 3.97. The van der Waals surface area contributed by atoms with Crippen molar-refractivity contribution in [1.82, 2.24) is 9.88 Å². The van der Waals surface area contributed by atoms with Crippen LogP contribution in [-0.2, 0) is 0 Å². The van der Waals surface area contributed by atoms with Gasteiger partial charge in [-0.3, -0.25) is 4.79 Å². The normalized spacial score (nSPS) is 25.4. The number of fused-ring (bicyclic) bond motifs is 3. The molecule has 2 saturated heterocycles. The average Bonchev–Trinajstić information content (AvgIpc) is 3.11. The summed E-state index contributed by atoms with van der Waals surface area (Å²) in [7, 11) is 0. The van der Waals surface area contributed by atoms with Crippen LogP contribution in [0.4, 0.5) is 0 Å². The highest BCUT2D eigenvalue weighted by Gasteiger charge is 2.41. The summed E-state index contributed by atoms with van der Waals surface area (Å²) in [5, 5.41) is 2.34. The van der Waals surface area contributed by atoms with Crippen molar-refractivity contribution in [3.8, 4) is 0 Å². The molecular weight excluding hydrogens is 280 g/mol. The molecule has 0 aliphatic carbocycles. The van der Waals surface area contributed by atoms with Crippen LogP contribution >= 0.6 is 23.4 Å². The maximum absolute atomic E-state index is 12.5. The van der Waals surface area contributed by atoms with Gasteiger partial charge >= 0.3 is 0 Å². The first-order chi connectivity index (χ1) is 9.20. The number of carbonyl (C=O) groups excluding carboxylic acids is 1. The van der Waals surface area contributed by atoms with Gasteiger partial charge in [0, 0.05) is 39.5 Å². The number of benzene rings is 1. The van der Waals surface area contributed by atoms with E-state index >= 15 is 0 Å². The van der Waals surface area contributed by atoms with Gasteiger partial charge in [-0.1, -0.05) is 11.6 Å². The Morgan fingerprint density at radius 2 is 2.32 bits per heavy atom. The standard InChI is InChI=1S/C14H13ClN2OS/c15-9-1-2-12-8(3-9)4-13(16-12)14(18)17-6-11-5-10(17)7-19-11/h1-4,10-11,16H,5-7H2/t10-,11+/m0/s1. The second-order valence-corrected chi connectivity index (χ2v) is 6.99. The van der Waals surface area contributed by atoms with Gasteiger partial charge in [0.2, 0.25) is 0 Å². The van der Waals surface area contributed by atoms with Gasteiger partial charge in [-0.25, -0.2) is 0 Å². The van der Waals surface area contributed by atoms with Crippen LogP contribution in [0.3, 0.4) is 0 Å². The van der Waals surface area contributed by atoms with Crippen molar-refractivity contribution >= 4 is 40.2 Å². The Labute approximate surface area is 120 Å². The lowest BCUT2D eigenvalue weighted by atomic mass is 10.2. The number of nitrogens with zero attached hydrogens (tertiary/aromatic N) is 1. The van der Waals surface area contributed by atoms with Gasteiger partial charge in [-0.05, 0) is 30.7 Å². The van der Waals surface area contributed by atoms with Crippen molar-refractivity contribution in [2.24, 2.45) is 0 Å². The Bertz CT molecular complexity index is 669. The number of aromatic nitrogens is 1. The molecular formula is C14H13ClN2OS. The number of hydrogen-bond donors (Lipinski definition) is 1. The van der Waals surface area contributed by atoms with Crippen LogP contribution in [0.2, 0.25) is 5.02 Å². The number of halogens is 1. The third kappa shape index (κ3) is 1.85. The van der Waals surface area contributed by atoms with Crippen molar-refractivity contribution in [2.45, 2.75) is 17.7 Å². The third-order valence-corrected chi connectivity index (χ3v) is 5.60. The summed E-state index contributed by atoms with van der Waals surface area (Å²) in [6, 6.07) is 7.97. The zero-order valence-corrected chi connectivity index (χ0v) is 11.8. The van der Waals surface area contributed by atoms with Crippen molar-refractivity contribution in [3.63, 3.8) is 0 Å². The SMILES string of the molecule is O=C(c1cc2cc(Cl)ccc2[nH]1)N1C[C@H]2C[C@H]1CS2. The molecule has 2 bridgehead atoms. The second-order valence-electron chi connectivity index (χ2n) is 5.22. The molecule has 2 atom stereocenters. The molecule has 3 heterocycles. The molecule has 19 heavy (non-hydrogen) atoms. The summed E-state index contributed by atoms with van der Waals surface area (Å²) >= 11 is 7.97. The summed E-state index contributed by atoms with van der Waals surface area (Å²) in [6.45, 7) is 0.893. The van der Waals surface area contributed by atoms with E-state index in [9.17, 15) is 4.79 Å². The molecule has 1 aromatic carbocycles. The van der Waals surface area contributed by atoms with Crippen LogP contribution < -0.4 is 0 Å². The number of nitrogens with one attached hydrogen (secondary N) is 1. The second kappa shape index (κ2) is 4.18. The van der Waals surface area contributed by atoms with Gasteiger partial charge in [0.25, 0.3) is 5.91 Å². The number of amides is 1. The molecule has 2 aliphatic rings. The molecule has 1 amide bonds. The molecule has 1 aromatic heterocycles. The topological polar surface area (TPSA) is 36.1 Å². The minimum absolute atomic E-state index is 0.125. The van der Waals surface area contributed by atoms with E-state index in [4.69, 9.17) is 11.6 Å². The molecule has 2 fully saturated rings. The van der Waals surface area contributed by atoms with Gasteiger partial charge in [0.1, 0.15) is 5.69 Å². The quantitative estimate of drug-likeness (QED) is 0.876. The highest BCUT2D eigenvalue weighted by Crippen LogP contribution is 2.38. The van der Waals surface area contributed by atoms with Crippen LogP contribution in [0.25, 0.3) is 10.9 Å². The van der Waals surface area contributed by atoms with Crippen LogP contribution in [-0.4, -0.2) is 39.4 Å². The predicted octanol–water partition coefficient (Wildman–Crippen LogP) is 3.15. The van der Waals surface area contributed by atoms with E-state index in [1.165, 1.54) is 0 Å². The first kappa shape index (κ1) is 11.7. The lowest BCUT2D eigenvalue weighted by molar-refractivity contribution is 0.0742. The molecule has 2 aromatic rings. The Balaban J connectivity index is 1.68. The van der Waals surface area contributed by atoms with Crippen molar-refractivity contribution in [3.05, 3.63) is 35.0 Å². The minimum atomic E-state index is 0.125. The Morgan fingerprint density at radius 1 is 1.42 bits per heavy atom. The monoisotopic (exact) mass is 292 g/mol. The molecule has 0 spiro atoms. The molecule has 98 valence electrons. The molecule has 3 nitrogen and oxygen atoms in total. The van der Waals surface area contributed by atoms with Gasteiger partial charge in [0.05, 0.1) is 0 Å². The molecule has 4 rings (SSSR count). The van der Waals surface area contributed by atoms with E-state index in [-0.39, 0.29) is 5.91 Å². The zero-order chi connectivity index (χ0) is 13.0. The number of likely N-dealkylation sites (tertiary alicyclic amines) is 1. The maximum Gasteiger partial charge on any atom is 0.270 e. The van der Waals surface area contributed by atoms with Crippen LogP contribution in [0.5, 0.6) is 0 Å². The predicted molar refractivity (Wildman–Crippen MR) is 79.0 cm³/mol. The molecule has 0 radical (unpaired) electrons. The number of hydrogen-bond acceptors (Lipinski definition) is 2. The maximum atomic E-state index is 12.5. The highest BCUT2D eigenvalue weighted by atomic mass is 35.5. The highest BCUT2D eigenvalue weighted by molar-refractivity contribution is 8.00. The lowest BCUT2D eigenvalue weighted by Gasteiger charge is -2.26. The zero-order valence-electron chi connectivity index (χ0n) is 10.2. The van der Waals surface area contributed by atoms with Crippen LogP contribution in [0.1, 0.15) is 16.9 Å². The minimum Gasteiger partial charge on any atom is -0.351 e. The van der Waals surface area contributed by atoms with Gasteiger partial charge in [0.15, 0.2) is 0 Å². The number of thioether (sulfide) groups is 1. The summed E-state index contributed by atoms with van der Waals surface area (Å²) in [5.74, 6) is 1.21. The van der Waals surface area contributed by atoms with E-state index in [1.54, 1.807) is 0 Å². The summed E-state index contributed by atoms with van der Waals surface area (Å²) < 4.78 is 0. The van der Waals surface area contributed by atoms with Gasteiger partial charge < -0.3 is 9.88 Å². The first-order valence-electron chi connectivity index (χ1n) is 6.41. The van der Waals surface area contributed by atoms with E-state index in [1.807, 2.05) is 40.9 Å². The fourth-order valence-corrected chi connectivity index (χ4v) is 4.64. The molecule has 2 aliphatic heterocycles. The number of carbonyl (C=O) groups is 1. The summed E-state index contributed by atoms with van der Waals surface area (Å²) in [5.41, 5.74) is 1.64. The molecule has 5 heteroatoms.